The zero-order valence-corrected chi connectivity index (χ0v) is 15.6. The first kappa shape index (κ1) is 18.2. The number of methoxy groups -OCH3 is 1. The summed E-state index contributed by atoms with van der Waals surface area (Å²) >= 11 is 0. The molecule has 0 spiro atoms. The molecule has 2 aliphatic heterocycles. The van der Waals surface area contributed by atoms with E-state index in [2.05, 4.69) is 23.6 Å². The van der Waals surface area contributed by atoms with Crippen LogP contribution >= 0.6 is 0 Å². The van der Waals surface area contributed by atoms with E-state index in [1.54, 1.807) is 7.11 Å². The normalized spacial score (nSPS) is 27.5. The van der Waals surface area contributed by atoms with Crippen LogP contribution in [0.4, 0.5) is 0 Å². The Labute approximate surface area is 150 Å². The van der Waals surface area contributed by atoms with Crippen LogP contribution in [0.3, 0.4) is 0 Å². The molecule has 1 aromatic carbocycles. The minimum atomic E-state index is 0.210. The van der Waals surface area contributed by atoms with E-state index in [9.17, 15) is 4.79 Å². The standard InChI is InChI=1S/C20H30N2O3/c1-15-12-21(13-16(2)25-15)14-18-8-6-10-22(18)20(23)11-17-7-4-5-9-19(17)24-3/h4-5,7,9,15-16,18H,6,8,10-14H2,1-3H3/t15-,16-,18-/m1/s1. The Balaban J connectivity index is 1.61. The fraction of sp³-hybridized carbons (Fsp3) is 0.650. The summed E-state index contributed by atoms with van der Waals surface area (Å²) in [6.45, 7) is 7.98. The molecule has 0 saturated carbocycles. The molecular weight excluding hydrogens is 316 g/mol. The quantitative estimate of drug-likeness (QED) is 0.821. The molecule has 25 heavy (non-hydrogen) atoms. The van der Waals surface area contributed by atoms with Gasteiger partial charge >= 0.3 is 0 Å². The van der Waals surface area contributed by atoms with Crippen LogP contribution in [0.1, 0.15) is 32.3 Å². The minimum absolute atomic E-state index is 0.210. The third kappa shape index (κ3) is 4.53. The Morgan fingerprint density at radius 1 is 1.24 bits per heavy atom. The molecule has 2 heterocycles. The highest BCUT2D eigenvalue weighted by Crippen LogP contribution is 2.24. The van der Waals surface area contributed by atoms with Gasteiger partial charge < -0.3 is 14.4 Å². The maximum atomic E-state index is 12.9. The summed E-state index contributed by atoms with van der Waals surface area (Å²) < 4.78 is 11.2. The number of rotatable bonds is 5. The van der Waals surface area contributed by atoms with Gasteiger partial charge in [-0.3, -0.25) is 9.69 Å². The van der Waals surface area contributed by atoms with Gasteiger partial charge in [0.05, 0.1) is 25.7 Å². The van der Waals surface area contributed by atoms with E-state index in [4.69, 9.17) is 9.47 Å². The van der Waals surface area contributed by atoms with Crippen molar-refractivity contribution in [3.8, 4) is 5.75 Å². The van der Waals surface area contributed by atoms with Crippen LogP contribution in [-0.2, 0) is 16.0 Å². The molecule has 2 fully saturated rings. The van der Waals surface area contributed by atoms with Gasteiger partial charge in [0.15, 0.2) is 0 Å². The summed E-state index contributed by atoms with van der Waals surface area (Å²) in [5.74, 6) is 1.00. The van der Waals surface area contributed by atoms with Crippen LogP contribution in [0.25, 0.3) is 0 Å². The topological polar surface area (TPSA) is 42.0 Å². The summed E-state index contributed by atoms with van der Waals surface area (Å²) in [6.07, 6.45) is 3.14. The van der Waals surface area contributed by atoms with Gasteiger partial charge in [-0.25, -0.2) is 0 Å². The zero-order valence-electron chi connectivity index (χ0n) is 15.6. The van der Waals surface area contributed by atoms with Crippen molar-refractivity contribution in [1.82, 2.24) is 9.80 Å². The first-order valence-corrected chi connectivity index (χ1v) is 9.36. The Kier molecular flexibility index (Phi) is 5.97. The van der Waals surface area contributed by atoms with E-state index in [1.807, 2.05) is 24.3 Å². The first-order valence-electron chi connectivity index (χ1n) is 9.36. The highest BCUT2D eigenvalue weighted by molar-refractivity contribution is 5.80. The molecule has 5 heteroatoms. The molecule has 0 aliphatic carbocycles. The van der Waals surface area contributed by atoms with Crippen molar-refractivity contribution in [2.75, 3.05) is 33.3 Å². The highest BCUT2D eigenvalue weighted by Gasteiger charge is 2.32. The van der Waals surface area contributed by atoms with Crippen molar-refractivity contribution in [2.45, 2.75) is 51.4 Å². The van der Waals surface area contributed by atoms with E-state index in [1.165, 1.54) is 0 Å². The van der Waals surface area contributed by atoms with E-state index in [0.29, 0.717) is 12.5 Å². The summed E-state index contributed by atoms with van der Waals surface area (Å²) in [4.78, 5) is 17.4. The molecule has 0 unspecified atom stereocenters. The number of nitrogens with zero attached hydrogens (tertiary/aromatic N) is 2. The van der Waals surface area contributed by atoms with E-state index in [-0.39, 0.29) is 18.1 Å². The molecule has 0 bridgehead atoms. The maximum absolute atomic E-state index is 12.9. The van der Waals surface area contributed by atoms with Crippen LogP contribution < -0.4 is 4.74 Å². The SMILES string of the molecule is COc1ccccc1CC(=O)N1CCC[C@@H]1CN1C[C@@H](C)O[C@H](C)C1. The predicted molar refractivity (Wildman–Crippen MR) is 97.9 cm³/mol. The van der Waals surface area contributed by atoms with Crippen molar-refractivity contribution in [2.24, 2.45) is 0 Å². The zero-order chi connectivity index (χ0) is 17.8. The van der Waals surface area contributed by atoms with E-state index >= 15 is 0 Å². The van der Waals surface area contributed by atoms with Crippen molar-refractivity contribution in [3.05, 3.63) is 29.8 Å². The van der Waals surface area contributed by atoms with E-state index in [0.717, 1.165) is 50.3 Å². The number of hydrogen-bond donors (Lipinski definition) is 0. The molecule has 138 valence electrons. The van der Waals surface area contributed by atoms with Gasteiger partial charge in [-0.2, -0.15) is 0 Å². The average Bonchev–Trinajstić information content (AvgIpc) is 3.02. The Morgan fingerprint density at radius 3 is 2.68 bits per heavy atom. The molecule has 5 nitrogen and oxygen atoms in total. The lowest BCUT2D eigenvalue weighted by atomic mass is 10.1. The number of ether oxygens (including phenoxy) is 2. The first-order chi connectivity index (χ1) is 12.1. The average molecular weight is 346 g/mol. The van der Waals surface area contributed by atoms with Crippen LogP contribution in [0.2, 0.25) is 0 Å². The third-order valence-corrected chi connectivity index (χ3v) is 5.20. The van der Waals surface area contributed by atoms with Gasteiger partial charge in [-0.05, 0) is 32.8 Å². The van der Waals surface area contributed by atoms with Crippen LogP contribution in [0.5, 0.6) is 5.75 Å². The van der Waals surface area contributed by atoms with Gasteiger partial charge in [0.2, 0.25) is 5.91 Å². The Hall–Kier alpha value is -1.59. The monoisotopic (exact) mass is 346 g/mol. The maximum Gasteiger partial charge on any atom is 0.227 e. The van der Waals surface area contributed by atoms with Gasteiger partial charge in [-0.1, -0.05) is 18.2 Å². The van der Waals surface area contributed by atoms with E-state index < -0.39 is 0 Å². The van der Waals surface area contributed by atoms with Gasteiger partial charge in [0.1, 0.15) is 5.75 Å². The number of carbonyl (C=O) groups excluding carboxylic acids is 1. The van der Waals surface area contributed by atoms with Gasteiger partial charge in [-0.15, -0.1) is 0 Å². The van der Waals surface area contributed by atoms with Crippen LogP contribution in [-0.4, -0.2) is 67.2 Å². The second-order valence-electron chi connectivity index (χ2n) is 7.35. The Bertz CT molecular complexity index is 582. The van der Waals surface area contributed by atoms with Crippen LogP contribution in [0.15, 0.2) is 24.3 Å². The van der Waals surface area contributed by atoms with Gasteiger partial charge in [0.25, 0.3) is 0 Å². The second-order valence-corrected chi connectivity index (χ2v) is 7.35. The van der Waals surface area contributed by atoms with Crippen molar-refractivity contribution < 1.29 is 14.3 Å². The molecular formula is C20H30N2O3. The number of amides is 1. The predicted octanol–water partition coefficient (Wildman–Crippen LogP) is 2.34. The largest absolute Gasteiger partial charge is 0.496 e. The summed E-state index contributed by atoms with van der Waals surface area (Å²) in [5, 5.41) is 0. The fourth-order valence-corrected chi connectivity index (χ4v) is 4.20. The highest BCUT2D eigenvalue weighted by atomic mass is 16.5. The number of benzene rings is 1. The number of morpholine rings is 1. The molecule has 3 rings (SSSR count). The number of para-hydroxylation sites is 1. The lowest BCUT2D eigenvalue weighted by molar-refractivity contribution is -0.132. The summed E-state index contributed by atoms with van der Waals surface area (Å²) in [7, 11) is 1.66. The van der Waals surface area contributed by atoms with Crippen molar-refractivity contribution in [1.29, 1.82) is 0 Å². The molecule has 1 amide bonds. The molecule has 2 saturated heterocycles. The van der Waals surface area contributed by atoms with Crippen molar-refractivity contribution in [3.63, 3.8) is 0 Å². The van der Waals surface area contributed by atoms with Crippen molar-refractivity contribution >= 4 is 5.91 Å². The number of likely N-dealkylation sites (tertiary alicyclic amines) is 1. The molecule has 1 aromatic rings. The molecule has 0 N–H and O–H groups in total. The smallest absolute Gasteiger partial charge is 0.227 e. The summed E-state index contributed by atoms with van der Waals surface area (Å²) in [5.41, 5.74) is 0.967. The summed E-state index contributed by atoms with van der Waals surface area (Å²) in [6, 6.07) is 8.11. The fourth-order valence-electron chi connectivity index (χ4n) is 4.20. The molecule has 3 atom stereocenters. The lowest BCUT2D eigenvalue weighted by Crippen LogP contribution is -2.51. The van der Waals surface area contributed by atoms with Gasteiger partial charge in [0, 0.05) is 37.8 Å². The number of carbonyl (C=O) groups is 1. The lowest BCUT2D eigenvalue weighted by Gasteiger charge is -2.38. The number of hydrogen-bond acceptors (Lipinski definition) is 4. The minimum Gasteiger partial charge on any atom is -0.496 e. The Morgan fingerprint density at radius 2 is 1.96 bits per heavy atom. The second kappa shape index (κ2) is 8.19. The molecule has 0 aromatic heterocycles. The molecule has 2 aliphatic rings. The molecule has 0 radical (unpaired) electrons. The third-order valence-electron chi connectivity index (χ3n) is 5.20. The van der Waals surface area contributed by atoms with Crippen LogP contribution in [0, 0.1) is 0 Å².